The molecule has 2 unspecified atom stereocenters. The monoisotopic (exact) mass is 214 g/mol. The molecular formula is C11H22N2O2. The molecule has 4 nitrogen and oxygen atoms in total. The van der Waals surface area contributed by atoms with Crippen LogP contribution in [-0.2, 0) is 9.53 Å². The molecule has 0 aromatic heterocycles. The highest BCUT2D eigenvalue weighted by atomic mass is 16.5. The fourth-order valence-electron chi connectivity index (χ4n) is 2.14. The summed E-state index contributed by atoms with van der Waals surface area (Å²) >= 11 is 0. The van der Waals surface area contributed by atoms with Crippen molar-refractivity contribution in [2.75, 3.05) is 6.61 Å². The van der Waals surface area contributed by atoms with Crippen LogP contribution in [0.3, 0.4) is 0 Å². The number of hydrogen-bond acceptors (Lipinski definition) is 3. The van der Waals surface area contributed by atoms with Gasteiger partial charge in [0.2, 0.25) is 5.91 Å². The number of carbonyl (C=O) groups excluding carboxylic acids is 1. The van der Waals surface area contributed by atoms with E-state index < -0.39 is 0 Å². The Hall–Kier alpha value is -0.610. The van der Waals surface area contributed by atoms with Crippen molar-refractivity contribution in [2.24, 2.45) is 5.73 Å². The first-order valence-electron chi connectivity index (χ1n) is 5.57. The van der Waals surface area contributed by atoms with Gasteiger partial charge in [0, 0.05) is 25.1 Å². The van der Waals surface area contributed by atoms with Crippen LogP contribution in [0.5, 0.6) is 0 Å². The molecule has 15 heavy (non-hydrogen) atoms. The number of rotatable bonds is 4. The number of nitrogens with one attached hydrogen (secondary N) is 1. The number of nitrogens with two attached hydrogens (primary N) is 1. The quantitative estimate of drug-likeness (QED) is 0.727. The largest absolute Gasteiger partial charge is 0.375 e. The minimum atomic E-state index is -0.249. The Balaban J connectivity index is 2.34. The second-order valence-corrected chi connectivity index (χ2v) is 5.04. The molecule has 0 bridgehead atoms. The van der Waals surface area contributed by atoms with Crippen molar-refractivity contribution in [1.82, 2.24) is 5.32 Å². The van der Waals surface area contributed by atoms with Gasteiger partial charge in [-0.3, -0.25) is 4.79 Å². The Morgan fingerprint density at radius 2 is 2.33 bits per heavy atom. The highest BCUT2D eigenvalue weighted by Gasteiger charge is 2.29. The molecule has 2 atom stereocenters. The smallest absolute Gasteiger partial charge is 0.218 e. The van der Waals surface area contributed by atoms with Crippen LogP contribution in [0.4, 0.5) is 0 Å². The number of hydrogen-bond donors (Lipinski definition) is 2. The van der Waals surface area contributed by atoms with Crippen molar-refractivity contribution in [3.8, 4) is 0 Å². The van der Waals surface area contributed by atoms with Crippen LogP contribution in [0.15, 0.2) is 0 Å². The zero-order valence-electron chi connectivity index (χ0n) is 9.88. The summed E-state index contributed by atoms with van der Waals surface area (Å²) in [6, 6.07) is 0.587. The third-order valence-corrected chi connectivity index (χ3v) is 2.72. The molecule has 1 saturated heterocycles. The molecule has 1 heterocycles. The van der Waals surface area contributed by atoms with Gasteiger partial charge in [-0.1, -0.05) is 0 Å². The second kappa shape index (κ2) is 4.94. The van der Waals surface area contributed by atoms with E-state index in [4.69, 9.17) is 10.5 Å². The molecule has 0 radical (unpaired) electrons. The lowest BCUT2D eigenvalue weighted by atomic mass is 9.93. The molecule has 4 heteroatoms. The minimum Gasteiger partial charge on any atom is -0.375 e. The highest BCUT2D eigenvalue weighted by Crippen LogP contribution is 2.24. The number of primary amides is 1. The first-order chi connectivity index (χ1) is 6.89. The Morgan fingerprint density at radius 3 is 2.87 bits per heavy atom. The van der Waals surface area contributed by atoms with Gasteiger partial charge in [-0.15, -0.1) is 0 Å². The topological polar surface area (TPSA) is 64.4 Å². The highest BCUT2D eigenvalue weighted by molar-refractivity contribution is 5.74. The summed E-state index contributed by atoms with van der Waals surface area (Å²) in [5, 5.41) is 3.42. The van der Waals surface area contributed by atoms with E-state index in [9.17, 15) is 4.79 Å². The third-order valence-electron chi connectivity index (χ3n) is 2.72. The molecule has 0 aliphatic carbocycles. The van der Waals surface area contributed by atoms with Crippen molar-refractivity contribution in [1.29, 1.82) is 0 Å². The maximum Gasteiger partial charge on any atom is 0.218 e. The van der Waals surface area contributed by atoms with E-state index in [-0.39, 0.29) is 17.6 Å². The van der Waals surface area contributed by atoms with Crippen LogP contribution in [-0.4, -0.2) is 30.2 Å². The summed E-state index contributed by atoms with van der Waals surface area (Å²) in [6.07, 6.45) is 2.39. The van der Waals surface area contributed by atoms with Gasteiger partial charge in [-0.2, -0.15) is 0 Å². The van der Waals surface area contributed by atoms with Gasteiger partial charge in [-0.05, 0) is 33.6 Å². The van der Waals surface area contributed by atoms with Crippen molar-refractivity contribution in [3.63, 3.8) is 0 Å². The number of carbonyl (C=O) groups is 1. The third kappa shape index (κ3) is 4.62. The lowest BCUT2D eigenvalue weighted by Crippen LogP contribution is -2.47. The van der Waals surface area contributed by atoms with Crippen molar-refractivity contribution < 1.29 is 9.53 Å². The molecule has 0 spiro atoms. The fourth-order valence-corrected chi connectivity index (χ4v) is 2.14. The molecule has 0 saturated carbocycles. The second-order valence-electron chi connectivity index (χ2n) is 5.04. The summed E-state index contributed by atoms with van der Waals surface area (Å²) < 4.78 is 5.63. The predicted octanol–water partition coefficient (Wildman–Crippen LogP) is 0.797. The number of amides is 1. The normalized spacial score (nSPS) is 27.3. The summed E-state index contributed by atoms with van der Waals surface area (Å²) in [6.45, 7) is 6.97. The molecule has 1 aliphatic rings. The van der Waals surface area contributed by atoms with E-state index in [1.807, 2.05) is 6.92 Å². The van der Waals surface area contributed by atoms with Crippen LogP contribution < -0.4 is 11.1 Å². The van der Waals surface area contributed by atoms with Crippen LogP contribution in [0.25, 0.3) is 0 Å². The SMILES string of the molecule is CC(CC(N)=O)NC1CCOC(C)(C)C1. The van der Waals surface area contributed by atoms with E-state index in [1.54, 1.807) is 0 Å². The molecule has 1 aliphatic heterocycles. The molecular weight excluding hydrogens is 192 g/mol. The summed E-state index contributed by atoms with van der Waals surface area (Å²) in [5.74, 6) is -0.249. The molecule has 3 N–H and O–H groups in total. The summed E-state index contributed by atoms with van der Waals surface area (Å²) in [7, 11) is 0. The van der Waals surface area contributed by atoms with Gasteiger partial charge in [0.05, 0.1) is 5.60 Å². The maximum absolute atomic E-state index is 10.7. The average Bonchev–Trinajstić information content (AvgIpc) is 1.99. The van der Waals surface area contributed by atoms with Gasteiger partial charge >= 0.3 is 0 Å². The molecule has 0 aromatic carbocycles. The Labute approximate surface area is 91.5 Å². The van der Waals surface area contributed by atoms with E-state index in [0.29, 0.717) is 12.5 Å². The standard InChI is InChI=1S/C11H22N2O2/c1-8(6-10(12)14)13-9-4-5-15-11(2,3)7-9/h8-9,13H,4-7H2,1-3H3,(H2,12,14). The Bertz CT molecular complexity index is 229. The van der Waals surface area contributed by atoms with Crippen molar-refractivity contribution in [3.05, 3.63) is 0 Å². The van der Waals surface area contributed by atoms with Gasteiger partial charge in [0.25, 0.3) is 0 Å². The minimum absolute atomic E-state index is 0.0532. The molecule has 0 aromatic rings. The zero-order chi connectivity index (χ0) is 11.5. The van der Waals surface area contributed by atoms with Gasteiger partial charge in [0.15, 0.2) is 0 Å². The molecule has 1 fully saturated rings. The first kappa shape index (κ1) is 12.5. The average molecular weight is 214 g/mol. The molecule has 88 valence electrons. The number of ether oxygens (including phenoxy) is 1. The van der Waals surface area contributed by atoms with Crippen LogP contribution in [0.2, 0.25) is 0 Å². The lowest BCUT2D eigenvalue weighted by molar-refractivity contribution is -0.118. The van der Waals surface area contributed by atoms with E-state index in [1.165, 1.54) is 0 Å². The predicted molar refractivity (Wildman–Crippen MR) is 59.5 cm³/mol. The Morgan fingerprint density at radius 1 is 1.67 bits per heavy atom. The fraction of sp³-hybridized carbons (Fsp3) is 0.909. The zero-order valence-corrected chi connectivity index (χ0v) is 9.88. The van der Waals surface area contributed by atoms with E-state index in [2.05, 4.69) is 19.2 Å². The van der Waals surface area contributed by atoms with Gasteiger partial charge in [-0.25, -0.2) is 0 Å². The van der Waals surface area contributed by atoms with Gasteiger partial charge in [0.1, 0.15) is 0 Å². The summed E-state index contributed by atoms with van der Waals surface area (Å²) in [5.41, 5.74) is 5.09. The van der Waals surface area contributed by atoms with Crippen molar-refractivity contribution >= 4 is 5.91 Å². The molecule has 1 amide bonds. The van der Waals surface area contributed by atoms with E-state index in [0.717, 1.165) is 19.4 Å². The maximum atomic E-state index is 10.7. The van der Waals surface area contributed by atoms with Crippen LogP contribution >= 0.6 is 0 Å². The first-order valence-corrected chi connectivity index (χ1v) is 5.57. The van der Waals surface area contributed by atoms with Gasteiger partial charge < -0.3 is 15.8 Å². The van der Waals surface area contributed by atoms with Crippen LogP contribution in [0, 0.1) is 0 Å². The van der Waals surface area contributed by atoms with Crippen molar-refractivity contribution in [2.45, 2.75) is 57.7 Å². The molecule has 1 rings (SSSR count). The van der Waals surface area contributed by atoms with Crippen LogP contribution in [0.1, 0.15) is 40.0 Å². The lowest BCUT2D eigenvalue weighted by Gasteiger charge is -2.37. The van der Waals surface area contributed by atoms with E-state index >= 15 is 0 Å². The Kier molecular flexibility index (Phi) is 4.11. The summed E-state index contributed by atoms with van der Waals surface area (Å²) in [4.78, 5) is 10.7.